The van der Waals surface area contributed by atoms with Crippen LogP contribution in [0.3, 0.4) is 0 Å². The molecule has 1 aliphatic rings. The molecule has 1 atom stereocenters. The van der Waals surface area contributed by atoms with Gasteiger partial charge in [-0.1, -0.05) is 55.8 Å². The Morgan fingerprint density at radius 1 is 1.08 bits per heavy atom. The van der Waals surface area contributed by atoms with Crippen LogP contribution in [0.2, 0.25) is 5.02 Å². The number of benzene rings is 2. The summed E-state index contributed by atoms with van der Waals surface area (Å²) in [6.45, 7) is 5.60. The Morgan fingerprint density at radius 2 is 1.70 bits per heavy atom. The van der Waals surface area contributed by atoms with E-state index in [1.54, 1.807) is 4.90 Å². The number of primary amides is 1. The first kappa shape index (κ1) is 28.9. The highest BCUT2D eigenvalue weighted by Crippen LogP contribution is 2.27. The van der Waals surface area contributed by atoms with Crippen LogP contribution in [-0.2, 0) is 21.2 Å². The third-order valence-electron chi connectivity index (χ3n) is 6.66. The van der Waals surface area contributed by atoms with Gasteiger partial charge >= 0.3 is 6.03 Å². The number of rotatable bonds is 11. The largest absolute Gasteiger partial charge is 0.368 e. The molecular formula is C27H37ClN4O4S. The molecule has 0 saturated carbocycles. The van der Waals surface area contributed by atoms with Crippen LogP contribution >= 0.6 is 11.6 Å². The van der Waals surface area contributed by atoms with Crippen molar-refractivity contribution in [1.29, 1.82) is 0 Å². The third-order valence-corrected chi connectivity index (χ3v) is 8.80. The highest BCUT2D eigenvalue weighted by molar-refractivity contribution is 7.89. The molecule has 0 unspecified atom stereocenters. The lowest BCUT2D eigenvalue weighted by atomic mass is 9.95. The lowest BCUT2D eigenvalue weighted by Gasteiger charge is -2.37. The van der Waals surface area contributed by atoms with E-state index in [1.165, 1.54) is 28.6 Å². The second-order valence-electron chi connectivity index (χ2n) is 9.97. The van der Waals surface area contributed by atoms with Gasteiger partial charge < -0.3 is 16.0 Å². The van der Waals surface area contributed by atoms with E-state index in [0.29, 0.717) is 43.9 Å². The minimum absolute atomic E-state index is 0.00976. The van der Waals surface area contributed by atoms with Crippen LogP contribution in [0.1, 0.15) is 38.7 Å². The van der Waals surface area contributed by atoms with Crippen LogP contribution in [0.15, 0.2) is 59.5 Å². The molecule has 2 aromatic carbocycles. The molecule has 0 spiro atoms. The summed E-state index contributed by atoms with van der Waals surface area (Å²) in [7, 11) is -3.99. The zero-order valence-electron chi connectivity index (χ0n) is 21.5. The molecule has 0 bridgehead atoms. The van der Waals surface area contributed by atoms with E-state index >= 15 is 0 Å². The summed E-state index contributed by atoms with van der Waals surface area (Å²) < 4.78 is 28.6. The Bertz CT molecular complexity index is 1130. The summed E-state index contributed by atoms with van der Waals surface area (Å²) in [4.78, 5) is 26.9. The summed E-state index contributed by atoms with van der Waals surface area (Å²) in [5.74, 6) is -0.604. The average Bonchev–Trinajstić information content (AvgIpc) is 2.87. The molecule has 8 nitrogen and oxygen atoms in total. The van der Waals surface area contributed by atoms with Crippen LogP contribution in [0.4, 0.5) is 4.79 Å². The van der Waals surface area contributed by atoms with Crippen LogP contribution in [0.5, 0.6) is 0 Å². The van der Waals surface area contributed by atoms with Gasteiger partial charge in [0.15, 0.2) is 0 Å². The summed E-state index contributed by atoms with van der Waals surface area (Å²) >= 11 is 5.96. The monoisotopic (exact) mass is 548 g/mol. The first-order chi connectivity index (χ1) is 17.6. The number of sulfonamides is 1. The topological polar surface area (TPSA) is 113 Å². The lowest BCUT2D eigenvalue weighted by molar-refractivity contribution is -0.122. The van der Waals surface area contributed by atoms with Crippen LogP contribution in [-0.4, -0.2) is 61.8 Å². The number of hydrogen-bond acceptors (Lipinski definition) is 4. The fourth-order valence-electron chi connectivity index (χ4n) is 4.60. The Hall–Kier alpha value is -2.62. The van der Waals surface area contributed by atoms with Crippen molar-refractivity contribution in [3.63, 3.8) is 0 Å². The normalized spacial score (nSPS) is 15.6. The molecule has 1 saturated heterocycles. The van der Waals surface area contributed by atoms with E-state index in [0.717, 1.165) is 12.0 Å². The lowest BCUT2D eigenvalue weighted by Crippen LogP contribution is -2.52. The van der Waals surface area contributed by atoms with Gasteiger partial charge in [0, 0.05) is 31.2 Å². The SMILES string of the molecule is CC(C)C[C@@H](C(N)=O)N(CC1CCN(C(=O)NCCc2ccccc2)CC1)S(=O)(=O)c1ccc(Cl)cc1. The van der Waals surface area contributed by atoms with E-state index in [2.05, 4.69) is 5.32 Å². The van der Waals surface area contributed by atoms with Crippen molar-refractivity contribution in [2.75, 3.05) is 26.2 Å². The molecule has 3 rings (SSSR count). The summed E-state index contributed by atoms with van der Waals surface area (Å²) in [5.41, 5.74) is 6.87. The molecule has 3 amide bonds. The van der Waals surface area contributed by atoms with Crippen molar-refractivity contribution in [2.24, 2.45) is 17.6 Å². The van der Waals surface area contributed by atoms with E-state index in [-0.39, 0.29) is 29.3 Å². The average molecular weight is 549 g/mol. The molecule has 0 radical (unpaired) electrons. The van der Waals surface area contributed by atoms with Crippen LogP contribution in [0.25, 0.3) is 0 Å². The fraction of sp³-hybridized carbons (Fsp3) is 0.481. The van der Waals surface area contributed by atoms with Crippen LogP contribution in [0, 0.1) is 11.8 Å². The molecule has 10 heteroatoms. The number of hydrogen-bond donors (Lipinski definition) is 2. The van der Waals surface area contributed by atoms with Crippen molar-refractivity contribution in [2.45, 2.75) is 50.5 Å². The number of carbonyl (C=O) groups excluding carboxylic acids is 2. The third kappa shape index (κ3) is 8.18. The zero-order valence-corrected chi connectivity index (χ0v) is 23.0. The maximum atomic E-state index is 13.7. The maximum absolute atomic E-state index is 13.7. The Balaban J connectivity index is 1.65. The molecule has 1 fully saturated rings. The number of piperidine rings is 1. The smallest absolute Gasteiger partial charge is 0.317 e. The summed E-state index contributed by atoms with van der Waals surface area (Å²) in [6.07, 6.45) is 2.34. The minimum atomic E-state index is -3.99. The molecule has 0 aliphatic carbocycles. The number of amides is 3. The Morgan fingerprint density at radius 3 is 2.27 bits per heavy atom. The number of likely N-dealkylation sites (tertiary alicyclic amines) is 1. The second kappa shape index (κ2) is 13.3. The van der Waals surface area contributed by atoms with Gasteiger partial charge in [-0.15, -0.1) is 0 Å². The number of halogens is 1. The molecule has 1 heterocycles. The number of nitrogens with two attached hydrogens (primary N) is 1. The quantitative estimate of drug-likeness (QED) is 0.443. The molecule has 3 N–H and O–H groups in total. The number of nitrogens with one attached hydrogen (secondary N) is 1. The zero-order chi connectivity index (χ0) is 27.0. The summed E-state index contributed by atoms with van der Waals surface area (Å²) in [5, 5.41) is 3.39. The van der Waals surface area contributed by atoms with Gasteiger partial charge in [-0.2, -0.15) is 4.31 Å². The van der Waals surface area contributed by atoms with Crippen molar-refractivity contribution >= 4 is 33.6 Å². The van der Waals surface area contributed by atoms with Gasteiger partial charge in [0.25, 0.3) is 0 Å². The van der Waals surface area contributed by atoms with E-state index < -0.39 is 22.0 Å². The molecule has 37 heavy (non-hydrogen) atoms. The van der Waals surface area contributed by atoms with Gasteiger partial charge in [-0.25, -0.2) is 13.2 Å². The van der Waals surface area contributed by atoms with Crippen molar-refractivity contribution in [3.8, 4) is 0 Å². The van der Waals surface area contributed by atoms with Gasteiger partial charge in [0.2, 0.25) is 15.9 Å². The summed E-state index contributed by atoms with van der Waals surface area (Å²) in [6, 6.07) is 14.8. The second-order valence-corrected chi connectivity index (χ2v) is 12.3. The van der Waals surface area contributed by atoms with Gasteiger partial charge in [-0.3, -0.25) is 4.79 Å². The van der Waals surface area contributed by atoms with Crippen LogP contribution < -0.4 is 11.1 Å². The first-order valence-electron chi connectivity index (χ1n) is 12.7. The van der Waals surface area contributed by atoms with Crippen molar-refractivity contribution in [1.82, 2.24) is 14.5 Å². The van der Waals surface area contributed by atoms with E-state index in [9.17, 15) is 18.0 Å². The molecule has 202 valence electrons. The van der Waals surface area contributed by atoms with Gasteiger partial charge in [-0.05, 0) is 67.3 Å². The molecule has 1 aliphatic heterocycles. The predicted octanol–water partition coefficient (Wildman–Crippen LogP) is 3.90. The highest BCUT2D eigenvalue weighted by atomic mass is 35.5. The maximum Gasteiger partial charge on any atom is 0.317 e. The number of urea groups is 1. The number of nitrogens with zero attached hydrogens (tertiary/aromatic N) is 2. The van der Waals surface area contributed by atoms with E-state index in [4.69, 9.17) is 17.3 Å². The molecule has 0 aromatic heterocycles. The van der Waals surface area contributed by atoms with E-state index in [1.807, 2.05) is 44.2 Å². The number of carbonyl (C=O) groups is 2. The van der Waals surface area contributed by atoms with Crippen molar-refractivity contribution < 1.29 is 18.0 Å². The van der Waals surface area contributed by atoms with Crippen molar-refractivity contribution in [3.05, 3.63) is 65.2 Å². The Kier molecular flexibility index (Phi) is 10.4. The standard InChI is InChI=1S/C27H37ClN4O4S/c1-20(2)18-25(26(29)33)32(37(35,36)24-10-8-23(28)9-11-24)19-22-13-16-31(17-14-22)27(34)30-15-12-21-6-4-3-5-7-21/h3-11,20,22,25H,12-19H2,1-2H3,(H2,29,33)(H,30,34)/t25-/m0/s1. The molecular weight excluding hydrogens is 512 g/mol. The van der Waals surface area contributed by atoms with Gasteiger partial charge in [0.1, 0.15) is 6.04 Å². The first-order valence-corrected chi connectivity index (χ1v) is 14.5. The minimum Gasteiger partial charge on any atom is -0.368 e. The van der Waals surface area contributed by atoms with Gasteiger partial charge in [0.05, 0.1) is 4.90 Å². The Labute approximate surface area is 225 Å². The molecule has 2 aromatic rings. The highest BCUT2D eigenvalue weighted by Gasteiger charge is 2.37. The fourth-order valence-corrected chi connectivity index (χ4v) is 6.41. The predicted molar refractivity (Wildman–Crippen MR) is 146 cm³/mol.